The van der Waals surface area contributed by atoms with E-state index in [-0.39, 0.29) is 11.7 Å². The number of phenols is 1. The molecule has 0 atom stereocenters. The monoisotopic (exact) mass is 353 g/mol. The minimum atomic E-state index is -0.685. The first-order chi connectivity index (χ1) is 9.93. The van der Waals surface area contributed by atoms with Crippen LogP contribution in [0.15, 0.2) is 22.7 Å². The summed E-state index contributed by atoms with van der Waals surface area (Å²) in [6.45, 7) is 6.76. The lowest BCUT2D eigenvalue weighted by Gasteiger charge is -2.14. The molecule has 6 heteroatoms. The first-order valence-corrected chi connectivity index (χ1v) is 7.53. The quantitative estimate of drug-likeness (QED) is 0.859. The van der Waals surface area contributed by atoms with Crippen molar-refractivity contribution < 1.29 is 9.50 Å². The number of halogens is 2. The Bertz CT molecular complexity index is 662. The fourth-order valence-electron chi connectivity index (χ4n) is 1.91. The number of nitrogens with one attached hydrogen (secondary N) is 1. The van der Waals surface area contributed by atoms with Gasteiger partial charge in [0.05, 0.1) is 10.2 Å². The molecule has 0 saturated carbocycles. The van der Waals surface area contributed by atoms with Gasteiger partial charge in [0.15, 0.2) is 17.4 Å². The third-order valence-corrected chi connectivity index (χ3v) is 3.76. The van der Waals surface area contributed by atoms with Crippen LogP contribution in [0.2, 0.25) is 0 Å². The maximum atomic E-state index is 13.5. The molecule has 0 aliphatic carbocycles. The van der Waals surface area contributed by atoms with Crippen molar-refractivity contribution in [1.82, 2.24) is 9.97 Å². The Labute approximate surface area is 131 Å². The fraction of sp³-hybridized carbons (Fsp3) is 0.333. The zero-order valence-electron chi connectivity index (χ0n) is 12.1. The van der Waals surface area contributed by atoms with Gasteiger partial charge >= 0.3 is 0 Å². The van der Waals surface area contributed by atoms with Gasteiger partial charge in [0, 0.05) is 12.1 Å². The van der Waals surface area contributed by atoms with Crippen molar-refractivity contribution in [2.24, 2.45) is 0 Å². The third-order valence-electron chi connectivity index (χ3n) is 2.97. The molecular formula is C15H17BrFN3O. The lowest BCUT2D eigenvalue weighted by Crippen LogP contribution is -2.07. The highest BCUT2D eigenvalue weighted by molar-refractivity contribution is 9.10. The third kappa shape index (κ3) is 3.32. The average Bonchev–Trinajstić information content (AvgIpc) is 2.44. The van der Waals surface area contributed by atoms with Gasteiger partial charge in [-0.25, -0.2) is 14.4 Å². The molecule has 0 saturated heterocycles. The van der Waals surface area contributed by atoms with Gasteiger partial charge in [-0.3, -0.25) is 0 Å². The summed E-state index contributed by atoms with van der Waals surface area (Å²) in [4.78, 5) is 8.94. The number of nitrogens with zero attached hydrogens (tertiary/aromatic N) is 2. The van der Waals surface area contributed by atoms with E-state index in [1.165, 1.54) is 12.1 Å². The second-order valence-electron chi connectivity index (χ2n) is 4.95. The van der Waals surface area contributed by atoms with E-state index in [0.717, 1.165) is 16.7 Å². The number of rotatable bonds is 4. The molecule has 2 rings (SSSR count). The molecule has 112 valence electrons. The molecule has 0 amide bonds. The lowest BCUT2D eigenvalue weighted by atomic mass is 10.1. The highest BCUT2D eigenvalue weighted by atomic mass is 79.9. The van der Waals surface area contributed by atoms with Crippen molar-refractivity contribution in [1.29, 1.82) is 0 Å². The van der Waals surface area contributed by atoms with Crippen LogP contribution in [0.5, 0.6) is 5.75 Å². The minimum absolute atomic E-state index is 0.195. The fourth-order valence-corrected chi connectivity index (χ4v) is 2.68. The molecule has 0 aliphatic heterocycles. The molecule has 0 unspecified atom stereocenters. The van der Waals surface area contributed by atoms with Crippen LogP contribution in [0.4, 0.5) is 10.2 Å². The van der Waals surface area contributed by atoms with Gasteiger partial charge in [-0.2, -0.15) is 0 Å². The second-order valence-corrected chi connectivity index (χ2v) is 5.74. The summed E-state index contributed by atoms with van der Waals surface area (Å²) >= 11 is 3.51. The lowest BCUT2D eigenvalue weighted by molar-refractivity contribution is 0.432. The summed E-state index contributed by atoms with van der Waals surface area (Å²) < 4.78 is 14.3. The Morgan fingerprint density at radius 2 is 2.05 bits per heavy atom. The number of phenolic OH excluding ortho intramolecular Hbond substituents is 1. The highest BCUT2D eigenvalue weighted by Crippen LogP contribution is 2.32. The van der Waals surface area contributed by atoms with Gasteiger partial charge in [0.25, 0.3) is 0 Å². The first kappa shape index (κ1) is 15.7. The van der Waals surface area contributed by atoms with E-state index >= 15 is 0 Å². The minimum Gasteiger partial charge on any atom is -0.505 e. The van der Waals surface area contributed by atoms with E-state index in [0.29, 0.717) is 17.2 Å². The van der Waals surface area contributed by atoms with E-state index in [9.17, 15) is 9.50 Å². The number of anilines is 1. The SMILES string of the molecule is CCNc1nc(-c2ccc(O)c(F)c2)nc(C(C)C)c1Br. The molecule has 0 spiro atoms. The molecule has 4 nitrogen and oxygen atoms in total. The Morgan fingerprint density at radius 3 is 2.62 bits per heavy atom. The van der Waals surface area contributed by atoms with Gasteiger partial charge < -0.3 is 10.4 Å². The van der Waals surface area contributed by atoms with Gasteiger partial charge in [-0.15, -0.1) is 0 Å². The van der Waals surface area contributed by atoms with Crippen LogP contribution in [-0.2, 0) is 0 Å². The predicted octanol–water partition coefficient (Wildman–Crippen LogP) is 4.31. The first-order valence-electron chi connectivity index (χ1n) is 6.74. The van der Waals surface area contributed by atoms with Crippen molar-refractivity contribution in [2.75, 3.05) is 11.9 Å². The van der Waals surface area contributed by atoms with Crippen LogP contribution in [0, 0.1) is 5.82 Å². The molecule has 2 N–H and O–H groups in total. The van der Waals surface area contributed by atoms with Crippen LogP contribution >= 0.6 is 15.9 Å². The Hall–Kier alpha value is -1.69. The maximum Gasteiger partial charge on any atom is 0.165 e. The van der Waals surface area contributed by atoms with E-state index in [1.807, 2.05) is 20.8 Å². The van der Waals surface area contributed by atoms with Crippen molar-refractivity contribution in [3.05, 3.63) is 34.2 Å². The van der Waals surface area contributed by atoms with Crippen LogP contribution in [0.25, 0.3) is 11.4 Å². The number of benzene rings is 1. The summed E-state index contributed by atoms with van der Waals surface area (Å²) in [7, 11) is 0. The molecule has 1 aromatic carbocycles. The number of hydrogen-bond acceptors (Lipinski definition) is 4. The van der Waals surface area contributed by atoms with Gasteiger partial charge in [0.2, 0.25) is 0 Å². The zero-order valence-corrected chi connectivity index (χ0v) is 13.7. The molecule has 1 aromatic heterocycles. The van der Waals surface area contributed by atoms with Crippen LogP contribution < -0.4 is 5.32 Å². The van der Waals surface area contributed by atoms with Crippen molar-refractivity contribution in [2.45, 2.75) is 26.7 Å². The smallest absolute Gasteiger partial charge is 0.165 e. The van der Waals surface area contributed by atoms with Crippen molar-refractivity contribution in [3.8, 4) is 17.1 Å². The maximum absolute atomic E-state index is 13.5. The largest absolute Gasteiger partial charge is 0.505 e. The molecule has 0 radical (unpaired) electrons. The predicted molar refractivity (Wildman–Crippen MR) is 85.0 cm³/mol. The van der Waals surface area contributed by atoms with E-state index in [2.05, 4.69) is 31.2 Å². The van der Waals surface area contributed by atoms with E-state index < -0.39 is 5.82 Å². The number of aromatic nitrogens is 2. The van der Waals surface area contributed by atoms with E-state index in [4.69, 9.17) is 0 Å². The molecule has 21 heavy (non-hydrogen) atoms. The van der Waals surface area contributed by atoms with Gasteiger partial charge in [0.1, 0.15) is 5.82 Å². The van der Waals surface area contributed by atoms with Gasteiger partial charge in [-0.1, -0.05) is 13.8 Å². The topological polar surface area (TPSA) is 58.0 Å². The average molecular weight is 354 g/mol. The molecular weight excluding hydrogens is 337 g/mol. The highest BCUT2D eigenvalue weighted by Gasteiger charge is 2.16. The van der Waals surface area contributed by atoms with Crippen LogP contribution in [0.1, 0.15) is 32.4 Å². The molecule has 0 fully saturated rings. The molecule has 0 bridgehead atoms. The summed E-state index contributed by atoms with van der Waals surface area (Å²) in [5.74, 6) is 0.235. The molecule has 1 heterocycles. The van der Waals surface area contributed by atoms with Crippen LogP contribution in [-0.4, -0.2) is 21.6 Å². The summed E-state index contributed by atoms with van der Waals surface area (Å²) in [5, 5.41) is 12.4. The van der Waals surface area contributed by atoms with Crippen molar-refractivity contribution >= 4 is 21.7 Å². The Morgan fingerprint density at radius 1 is 1.33 bits per heavy atom. The van der Waals surface area contributed by atoms with Crippen molar-refractivity contribution in [3.63, 3.8) is 0 Å². The number of hydrogen-bond donors (Lipinski definition) is 2. The van der Waals surface area contributed by atoms with Gasteiger partial charge in [-0.05, 0) is 47.0 Å². The zero-order chi connectivity index (χ0) is 15.6. The summed E-state index contributed by atoms with van der Waals surface area (Å²) in [6.07, 6.45) is 0. The van der Waals surface area contributed by atoms with Crippen LogP contribution in [0.3, 0.4) is 0 Å². The Kier molecular flexibility index (Phi) is 4.77. The molecule has 2 aromatic rings. The molecule has 0 aliphatic rings. The standard InChI is InChI=1S/C15H17BrFN3O/c1-4-18-15-12(16)13(8(2)3)19-14(20-15)9-5-6-11(21)10(17)7-9/h5-8,21H,4H2,1-3H3,(H,18,19,20). The Balaban J connectivity index is 2.59. The summed E-state index contributed by atoms with van der Waals surface area (Å²) in [6, 6.07) is 4.14. The normalized spacial score (nSPS) is 11.0. The summed E-state index contributed by atoms with van der Waals surface area (Å²) in [5.41, 5.74) is 1.38. The second kappa shape index (κ2) is 6.39. The number of aromatic hydroxyl groups is 1. The van der Waals surface area contributed by atoms with E-state index in [1.54, 1.807) is 6.07 Å².